The molecule has 0 aliphatic heterocycles. The van der Waals surface area contributed by atoms with E-state index in [4.69, 9.17) is 11.6 Å². The van der Waals surface area contributed by atoms with Gasteiger partial charge in [-0.1, -0.05) is 44.2 Å². The van der Waals surface area contributed by atoms with Crippen LogP contribution in [0.4, 0.5) is 8.78 Å². The number of hydrogen-bond donors (Lipinski definition) is 1. The highest BCUT2D eigenvalue weighted by Crippen LogP contribution is 2.23. The monoisotopic (exact) mass is 389 g/mol. The van der Waals surface area contributed by atoms with Crippen molar-refractivity contribution in [2.45, 2.75) is 13.8 Å². The average molecular weight is 390 g/mol. The van der Waals surface area contributed by atoms with Crippen molar-refractivity contribution in [1.82, 2.24) is 5.32 Å². The molecule has 0 unspecified atom stereocenters. The molecular weight excluding hydrogens is 372 g/mol. The van der Waals surface area contributed by atoms with E-state index in [1.54, 1.807) is 38.1 Å². The molecule has 0 heterocycles. The zero-order valence-corrected chi connectivity index (χ0v) is 15.6. The Morgan fingerprint density at radius 2 is 1.70 bits per heavy atom. The topological polar surface area (TPSA) is 46.2 Å². The molecule has 0 aliphatic rings. The second kappa shape index (κ2) is 8.73. The van der Waals surface area contributed by atoms with Crippen LogP contribution in [-0.2, 0) is 9.59 Å². The fraction of sp³-hybridized carbons (Fsp3) is 0.143. The Hall–Kier alpha value is -2.79. The van der Waals surface area contributed by atoms with Gasteiger partial charge in [-0.2, -0.15) is 0 Å². The first kappa shape index (κ1) is 20.5. The van der Waals surface area contributed by atoms with Crippen LogP contribution in [-0.4, -0.2) is 11.8 Å². The minimum atomic E-state index is -0.916. The summed E-state index contributed by atoms with van der Waals surface area (Å²) in [4.78, 5) is 24.8. The van der Waals surface area contributed by atoms with Gasteiger partial charge in [0.1, 0.15) is 11.6 Å². The number of halogens is 3. The van der Waals surface area contributed by atoms with Gasteiger partial charge >= 0.3 is 0 Å². The van der Waals surface area contributed by atoms with Gasteiger partial charge in [-0.3, -0.25) is 14.9 Å². The molecule has 2 rings (SSSR count). The molecule has 0 bridgehead atoms. The zero-order valence-electron chi connectivity index (χ0n) is 14.9. The molecule has 0 saturated carbocycles. The molecular formula is C21H18ClF2NO2. The van der Waals surface area contributed by atoms with E-state index in [1.165, 1.54) is 6.08 Å². The minimum absolute atomic E-state index is 0.125. The van der Waals surface area contributed by atoms with Crippen molar-refractivity contribution in [3.63, 3.8) is 0 Å². The lowest BCUT2D eigenvalue weighted by Crippen LogP contribution is -2.33. The molecule has 0 atom stereocenters. The van der Waals surface area contributed by atoms with Crippen molar-refractivity contribution in [2.75, 3.05) is 0 Å². The summed E-state index contributed by atoms with van der Waals surface area (Å²) in [6, 6.07) is 9.33. The van der Waals surface area contributed by atoms with Crippen LogP contribution in [0.15, 0.2) is 54.6 Å². The van der Waals surface area contributed by atoms with Gasteiger partial charge in [0.15, 0.2) is 0 Å². The highest BCUT2D eigenvalue weighted by atomic mass is 35.5. The summed E-state index contributed by atoms with van der Waals surface area (Å²) >= 11 is 5.85. The number of carbonyl (C=O) groups is 2. The number of hydrogen-bond acceptors (Lipinski definition) is 2. The summed E-state index contributed by atoms with van der Waals surface area (Å²) in [5, 5.41) is 2.70. The average Bonchev–Trinajstić information content (AvgIpc) is 2.61. The van der Waals surface area contributed by atoms with Crippen molar-refractivity contribution >= 4 is 35.1 Å². The van der Waals surface area contributed by atoms with Crippen molar-refractivity contribution < 1.29 is 18.4 Å². The Kier molecular flexibility index (Phi) is 6.64. The van der Waals surface area contributed by atoms with Crippen molar-refractivity contribution in [1.29, 1.82) is 0 Å². The lowest BCUT2D eigenvalue weighted by molar-refractivity contribution is -0.125. The SMILES string of the molecule is C=C(C(=O)NC(=O)/C(=C/c1ccc(Cl)cc1)c1ccc(F)cc1F)C(C)C. The first-order valence-corrected chi connectivity index (χ1v) is 8.54. The van der Waals surface area contributed by atoms with E-state index in [1.807, 2.05) is 0 Å². The van der Waals surface area contributed by atoms with Crippen LogP contribution in [0.25, 0.3) is 11.6 Å². The molecule has 6 heteroatoms. The van der Waals surface area contributed by atoms with Gasteiger partial charge in [-0.05, 0) is 41.8 Å². The van der Waals surface area contributed by atoms with Crippen LogP contribution in [0, 0.1) is 17.6 Å². The molecule has 0 aliphatic carbocycles. The predicted octanol–water partition coefficient (Wildman–Crippen LogP) is 5.01. The summed E-state index contributed by atoms with van der Waals surface area (Å²) in [5.74, 6) is -3.32. The molecule has 2 amide bonds. The van der Waals surface area contributed by atoms with Crippen LogP contribution in [0.5, 0.6) is 0 Å². The van der Waals surface area contributed by atoms with Crippen molar-refractivity contribution in [3.05, 3.63) is 82.4 Å². The van der Waals surface area contributed by atoms with Gasteiger partial charge in [0, 0.05) is 22.2 Å². The maximum Gasteiger partial charge on any atom is 0.258 e. The first-order chi connectivity index (χ1) is 12.7. The molecule has 0 fully saturated rings. The van der Waals surface area contributed by atoms with E-state index in [0.717, 1.165) is 12.1 Å². The summed E-state index contributed by atoms with van der Waals surface area (Å²) in [6.07, 6.45) is 1.40. The Bertz CT molecular complexity index is 918. The van der Waals surface area contributed by atoms with E-state index in [9.17, 15) is 18.4 Å². The highest BCUT2D eigenvalue weighted by Gasteiger charge is 2.21. The molecule has 2 aromatic carbocycles. The summed E-state index contributed by atoms with van der Waals surface area (Å²) < 4.78 is 27.5. The highest BCUT2D eigenvalue weighted by molar-refractivity contribution is 6.31. The Balaban J connectivity index is 2.46. The Morgan fingerprint density at radius 1 is 1.07 bits per heavy atom. The number of benzene rings is 2. The van der Waals surface area contributed by atoms with Crippen molar-refractivity contribution in [3.8, 4) is 0 Å². The summed E-state index contributed by atoms with van der Waals surface area (Å²) in [6.45, 7) is 7.16. The van der Waals surface area contributed by atoms with Crippen LogP contribution in [0.1, 0.15) is 25.0 Å². The third-order valence-electron chi connectivity index (χ3n) is 3.86. The van der Waals surface area contributed by atoms with E-state index < -0.39 is 23.4 Å². The number of imide groups is 1. The lowest BCUT2D eigenvalue weighted by Gasteiger charge is -2.12. The fourth-order valence-electron chi connectivity index (χ4n) is 2.21. The molecule has 3 nitrogen and oxygen atoms in total. The maximum atomic E-state index is 14.3. The largest absolute Gasteiger partial charge is 0.288 e. The van der Waals surface area contributed by atoms with Gasteiger partial charge in [-0.15, -0.1) is 0 Å². The molecule has 1 N–H and O–H groups in total. The van der Waals surface area contributed by atoms with E-state index in [0.29, 0.717) is 16.7 Å². The quantitative estimate of drug-likeness (QED) is 0.577. The normalized spacial score (nSPS) is 11.4. The van der Waals surface area contributed by atoms with E-state index in [2.05, 4.69) is 11.9 Å². The van der Waals surface area contributed by atoms with Crippen molar-refractivity contribution in [2.24, 2.45) is 5.92 Å². The van der Waals surface area contributed by atoms with Gasteiger partial charge < -0.3 is 0 Å². The molecule has 0 aromatic heterocycles. The number of amides is 2. The smallest absolute Gasteiger partial charge is 0.258 e. The number of rotatable bonds is 5. The lowest BCUT2D eigenvalue weighted by atomic mass is 10.00. The molecule has 0 spiro atoms. The summed E-state index contributed by atoms with van der Waals surface area (Å²) in [5.41, 5.74) is 0.517. The number of nitrogens with one attached hydrogen (secondary N) is 1. The Morgan fingerprint density at radius 3 is 2.26 bits per heavy atom. The predicted molar refractivity (Wildman–Crippen MR) is 103 cm³/mol. The maximum absolute atomic E-state index is 14.3. The molecule has 0 saturated heterocycles. The second-order valence-electron chi connectivity index (χ2n) is 6.20. The zero-order chi connectivity index (χ0) is 20.1. The van der Waals surface area contributed by atoms with Gasteiger partial charge in [0.2, 0.25) is 0 Å². The third kappa shape index (κ3) is 5.34. The van der Waals surface area contributed by atoms with Crippen LogP contribution in [0.2, 0.25) is 5.02 Å². The number of carbonyl (C=O) groups excluding carboxylic acids is 2. The molecule has 0 radical (unpaired) electrons. The molecule has 140 valence electrons. The van der Waals surface area contributed by atoms with Crippen LogP contribution in [0.3, 0.4) is 0 Å². The van der Waals surface area contributed by atoms with Gasteiger partial charge in [0.25, 0.3) is 11.8 Å². The Labute approximate surface area is 161 Å². The van der Waals surface area contributed by atoms with Gasteiger partial charge in [0.05, 0.1) is 5.57 Å². The molecule has 2 aromatic rings. The third-order valence-corrected chi connectivity index (χ3v) is 4.11. The first-order valence-electron chi connectivity index (χ1n) is 8.16. The van der Waals surface area contributed by atoms with Gasteiger partial charge in [-0.25, -0.2) is 8.78 Å². The standard InChI is InChI=1S/C21H18ClF2NO2/c1-12(2)13(3)20(26)25-21(27)18(10-14-4-6-15(22)7-5-14)17-9-8-16(23)11-19(17)24/h4-12H,3H2,1-2H3,(H,25,26,27)/b18-10+. The van der Waals surface area contributed by atoms with Crippen LogP contribution >= 0.6 is 11.6 Å². The fourth-order valence-corrected chi connectivity index (χ4v) is 2.34. The minimum Gasteiger partial charge on any atom is -0.288 e. The molecule has 27 heavy (non-hydrogen) atoms. The van der Waals surface area contributed by atoms with E-state index in [-0.39, 0.29) is 22.6 Å². The second-order valence-corrected chi connectivity index (χ2v) is 6.63. The van der Waals surface area contributed by atoms with E-state index >= 15 is 0 Å². The summed E-state index contributed by atoms with van der Waals surface area (Å²) in [7, 11) is 0. The van der Waals surface area contributed by atoms with Crippen LogP contribution < -0.4 is 5.32 Å².